The van der Waals surface area contributed by atoms with Gasteiger partial charge in [0.2, 0.25) is 5.91 Å². The summed E-state index contributed by atoms with van der Waals surface area (Å²) in [7, 11) is 0. The van der Waals surface area contributed by atoms with Crippen molar-refractivity contribution >= 4 is 11.6 Å². The third kappa shape index (κ3) is 2.00. The Labute approximate surface area is 94.0 Å². The standard InChI is InChI=1S/C11H15N3O2/c12-5-7-13-6-4-11(16)14(13)9-2-1-3-10(15)8-9/h1-3,8,15H,4-7,12H2. The van der Waals surface area contributed by atoms with Crippen molar-refractivity contribution in [1.29, 1.82) is 0 Å². The lowest BCUT2D eigenvalue weighted by molar-refractivity contribution is -0.118. The van der Waals surface area contributed by atoms with E-state index in [1.807, 2.05) is 5.01 Å². The maximum atomic E-state index is 11.7. The van der Waals surface area contributed by atoms with Crippen molar-refractivity contribution in [2.75, 3.05) is 24.6 Å². The molecule has 0 saturated carbocycles. The topological polar surface area (TPSA) is 69.8 Å². The van der Waals surface area contributed by atoms with E-state index in [0.717, 1.165) is 0 Å². The molecule has 1 amide bonds. The fourth-order valence-corrected chi connectivity index (χ4v) is 1.88. The van der Waals surface area contributed by atoms with Crippen LogP contribution < -0.4 is 10.7 Å². The van der Waals surface area contributed by atoms with Gasteiger partial charge in [0.05, 0.1) is 5.69 Å². The zero-order valence-electron chi connectivity index (χ0n) is 8.97. The molecule has 86 valence electrons. The van der Waals surface area contributed by atoms with Gasteiger partial charge in [-0.25, -0.2) is 10.0 Å². The third-order valence-electron chi connectivity index (χ3n) is 2.56. The summed E-state index contributed by atoms with van der Waals surface area (Å²) in [5, 5.41) is 12.9. The molecular formula is C11H15N3O2. The van der Waals surface area contributed by atoms with E-state index in [1.54, 1.807) is 29.3 Å². The Balaban J connectivity index is 2.26. The number of phenols is 1. The largest absolute Gasteiger partial charge is 0.508 e. The SMILES string of the molecule is NCCN1CCC(=O)N1c1cccc(O)c1. The summed E-state index contributed by atoms with van der Waals surface area (Å²) in [6.45, 7) is 1.83. The highest BCUT2D eigenvalue weighted by molar-refractivity contribution is 5.94. The van der Waals surface area contributed by atoms with E-state index < -0.39 is 0 Å². The molecule has 3 N–H and O–H groups in total. The molecule has 2 rings (SSSR count). The molecule has 1 heterocycles. The molecule has 0 aliphatic carbocycles. The fourth-order valence-electron chi connectivity index (χ4n) is 1.88. The van der Waals surface area contributed by atoms with E-state index in [-0.39, 0.29) is 11.7 Å². The van der Waals surface area contributed by atoms with Gasteiger partial charge >= 0.3 is 0 Å². The van der Waals surface area contributed by atoms with Gasteiger partial charge < -0.3 is 10.8 Å². The summed E-state index contributed by atoms with van der Waals surface area (Å²) in [6.07, 6.45) is 0.496. The van der Waals surface area contributed by atoms with Crippen molar-refractivity contribution in [2.45, 2.75) is 6.42 Å². The number of hydrogen-bond donors (Lipinski definition) is 2. The molecule has 1 saturated heterocycles. The second-order valence-electron chi connectivity index (χ2n) is 3.72. The summed E-state index contributed by atoms with van der Waals surface area (Å²) in [6, 6.07) is 6.67. The van der Waals surface area contributed by atoms with Gasteiger partial charge in [0, 0.05) is 32.1 Å². The maximum absolute atomic E-state index is 11.7. The first kappa shape index (κ1) is 10.9. The number of rotatable bonds is 3. The number of carbonyl (C=O) groups excluding carboxylic acids is 1. The molecule has 5 heteroatoms. The van der Waals surface area contributed by atoms with Gasteiger partial charge in [-0.2, -0.15) is 0 Å². The van der Waals surface area contributed by atoms with Crippen molar-refractivity contribution < 1.29 is 9.90 Å². The number of anilines is 1. The lowest BCUT2D eigenvalue weighted by Crippen LogP contribution is -2.41. The monoisotopic (exact) mass is 221 g/mol. The summed E-state index contributed by atoms with van der Waals surface area (Å²) in [5.41, 5.74) is 6.19. The molecule has 0 aromatic heterocycles. The number of aromatic hydroxyl groups is 1. The molecule has 0 unspecified atom stereocenters. The van der Waals surface area contributed by atoms with Crippen molar-refractivity contribution in [3.63, 3.8) is 0 Å². The van der Waals surface area contributed by atoms with Crippen LogP contribution in [0, 0.1) is 0 Å². The van der Waals surface area contributed by atoms with Crippen molar-refractivity contribution in [2.24, 2.45) is 5.73 Å². The Kier molecular flexibility index (Phi) is 3.07. The van der Waals surface area contributed by atoms with Crippen LogP contribution in [-0.4, -0.2) is 35.7 Å². The van der Waals surface area contributed by atoms with E-state index >= 15 is 0 Å². The van der Waals surface area contributed by atoms with E-state index in [9.17, 15) is 9.90 Å². The molecule has 1 aliphatic rings. The first-order valence-corrected chi connectivity index (χ1v) is 5.29. The molecule has 0 bridgehead atoms. The number of hydrazine groups is 1. The van der Waals surface area contributed by atoms with Crippen LogP contribution in [-0.2, 0) is 4.79 Å². The average Bonchev–Trinajstić information content (AvgIpc) is 2.60. The van der Waals surface area contributed by atoms with Gasteiger partial charge in [-0.15, -0.1) is 0 Å². The van der Waals surface area contributed by atoms with E-state index in [4.69, 9.17) is 5.73 Å². The molecule has 1 aliphatic heterocycles. The Morgan fingerprint density at radius 2 is 2.25 bits per heavy atom. The first-order chi connectivity index (χ1) is 7.72. The lowest BCUT2D eigenvalue weighted by Gasteiger charge is -2.27. The predicted molar refractivity (Wildman–Crippen MR) is 60.8 cm³/mol. The molecule has 0 spiro atoms. The highest BCUT2D eigenvalue weighted by atomic mass is 16.3. The number of nitrogens with zero attached hydrogens (tertiary/aromatic N) is 2. The zero-order valence-corrected chi connectivity index (χ0v) is 8.97. The molecular weight excluding hydrogens is 206 g/mol. The maximum Gasteiger partial charge on any atom is 0.242 e. The van der Waals surface area contributed by atoms with E-state index in [1.165, 1.54) is 0 Å². The minimum atomic E-state index is 0.0408. The summed E-state index contributed by atoms with van der Waals surface area (Å²) in [4.78, 5) is 11.7. The molecule has 1 aromatic carbocycles. The zero-order chi connectivity index (χ0) is 11.5. The molecule has 0 radical (unpaired) electrons. The van der Waals surface area contributed by atoms with Crippen LogP contribution in [0.25, 0.3) is 0 Å². The Hall–Kier alpha value is -1.59. The van der Waals surface area contributed by atoms with Crippen LogP contribution in [0.3, 0.4) is 0 Å². The number of nitrogens with two attached hydrogens (primary N) is 1. The number of carbonyl (C=O) groups is 1. The van der Waals surface area contributed by atoms with Crippen LogP contribution in [0.15, 0.2) is 24.3 Å². The van der Waals surface area contributed by atoms with Crippen LogP contribution in [0.5, 0.6) is 5.75 Å². The fraction of sp³-hybridized carbons (Fsp3) is 0.364. The van der Waals surface area contributed by atoms with E-state index in [2.05, 4.69) is 0 Å². The normalized spacial score (nSPS) is 17.1. The number of hydrogen-bond acceptors (Lipinski definition) is 4. The highest BCUT2D eigenvalue weighted by Gasteiger charge is 2.29. The second-order valence-corrected chi connectivity index (χ2v) is 3.72. The van der Waals surface area contributed by atoms with Crippen LogP contribution in [0.2, 0.25) is 0 Å². The summed E-state index contributed by atoms with van der Waals surface area (Å²) < 4.78 is 0. The minimum absolute atomic E-state index is 0.0408. The Morgan fingerprint density at radius 1 is 1.44 bits per heavy atom. The van der Waals surface area contributed by atoms with Crippen LogP contribution >= 0.6 is 0 Å². The van der Waals surface area contributed by atoms with Gasteiger partial charge in [0.1, 0.15) is 5.75 Å². The van der Waals surface area contributed by atoms with Crippen molar-refractivity contribution in [3.8, 4) is 5.75 Å². The minimum Gasteiger partial charge on any atom is -0.508 e. The third-order valence-corrected chi connectivity index (χ3v) is 2.56. The van der Waals surface area contributed by atoms with Gasteiger partial charge in [0.15, 0.2) is 0 Å². The van der Waals surface area contributed by atoms with Crippen LogP contribution in [0.4, 0.5) is 5.69 Å². The predicted octanol–water partition coefficient (Wildman–Crippen LogP) is 0.305. The Morgan fingerprint density at radius 3 is 2.94 bits per heavy atom. The van der Waals surface area contributed by atoms with Gasteiger partial charge in [-0.05, 0) is 12.1 Å². The molecule has 5 nitrogen and oxygen atoms in total. The number of amides is 1. The quantitative estimate of drug-likeness (QED) is 0.770. The smallest absolute Gasteiger partial charge is 0.242 e. The molecule has 1 aromatic rings. The first-order valence-electron chi connectivity index (χ1n) is 5.29. The Bertz CT molecular complexity index is 395. The van der Waals surface area contributed by atoms with Gasteiger partial charge in [-0.3, -0.25) is 4.79 Å². The number of benzene rings is 1. The van der Waals surface area contributed by atoms with E-state index in [0.29, 0.717) is 31.7 Å². The highest BCUT2D eigenvalue weighted by Crippen LogP contribution is 2.25. The van der Waals surface area contributed by atoms with Gasteiger partial charge in [0.25, 0.3) is 0 Å². The summed E-state index contributed by atoms with van der Waals surface area (Å²) in [5.74, 6) is 0.198. The van der Waals surface area contributed by atoms with Crippen molar-refractivity contribution in [3.05, 3.63) is 24.3 Å². The molecule has 16 heavy (non-hydrogen) atoms. The summed E-state index contributed by atoms with van der Waals surface area (Å²) >= 11 is 0. The average molecular weight is 221 g/mol. The van der Waals surface area contributed by atoms with Crippen LogP contribution in [0.1, 0.15) is 6.42 Å². The van der Waals surface area contributed by atoms with Crippen molar-refractivity contribution in [1.82, 2.24) is 5.01 Å². The molecule has 0 atom stereocenters. The second kappa shape index (κ2) is 4.51. The lowest BCUT2D eigenvalue weighted by atomic mass is 10.3. The molecule has 1 fully saturated rings. The number of phenolic OH excluding ortho intramolecular Hbond substituents is 1. The van der Waals surface area contributed by atoms with Gasteiger partial charge in [-0.1, -0.05) is 6.07 Å².